The highest BCUT2D eigenvalue weighted by Crippen LogP contribution is 2.40. The number of anilines is 1. The van der Waals surface area contributed by atoms with Crippen molar-refractivity contribution in [3.8, 4) is 5.88 Å². The van der Waals surface area contributed by atoms with E-state index in [-0.39, 0.29) is 0 Å². The van der Waals surface area contributed by atoms with Gasteiger partial charge in [-0.25, -0.2) is 15.0 Å². The van der Waals surface area contributed by atoms with Crippen LogP contribution in [0.5, 0.6) is 5.88 Å². The van der Waals surface area contributed by atoms with Crippen molar-refractivity contribution in [1.82, 2.24) is 15.0 Å². The van der Waals surface area contributed by atoms with E-state index in [0.717, 1.165) is 44.2 Å². The number of ether oxygens (including phenoxy) is 1. The molecule has 0 saturated carbocycles. The Hall–Kier alpha value is -2.21. The molecule has 1 fully saturated rings. The maximum Gasteiger partial charge on any atom is 0.213 e. The van der Waals surface area contributed by atoms with Gasteiger partial charge >= 0.3 is 0 Å². The van der Waals surface area contributed by atoms with Gasteiger partial charge in [0, 0.05) is 30.2 Å². The van der Waals surface area contributed by atoms with E-state index in [9.17, 15) is 0 Å². The Morgan fingerprint density at radius 3 is 2.88 bits per heavy atom. The van der Waals surface area contributed by atoms with Crippen molar-refractivity contribution in [2.75, 3.05) is 24.6 Å². The lowest BCUT2D eigenvalue weighted by molar-refractivity contribution is 0.216. The number of fused-ring (bicyclic) bond motifs is 3. The summed E-state index contributed by atoms with van der Waals surface area (Å²) in [5, 5.41) is 1.33. The number of hydrogen-bond donors (Lipinski definition) is 0. The topological polar surface area (TPSA) is 51.1 Å². The van der Waals surface area contributed by atoms with Crippen molar-refractivity contribution in [3.05, 3.63) is 41.2 Å². The van der Waals surface area contributed by atoms with Crippen molar-refractivity contribution in [3.63, 3.8) is 0 Å². The van der Waals surface area contributed by atoms with E-state index < -0.39 is 0 Å². The molecule has 0 aromatic carbocycles. The van der Waals surface area contributed by atoms with Crippen molar-refractivity contribution < 1.29 is 4.74 Å². The highest BCUT2D eigenvalue weighted by molar-refractivity contribution is 7.19. The van der Waals surface area contributed by atoms with Crippen LogP contribution in [-0.4, -0.2) is 34.6 Å². The fourth-order valence-corrected chi connectivity index (χ4v) is 5.32. The van der Waals surface area contributed by atoms with Gasteiger partial charge in [-0.2, -0.15) is 0 Å². The standard InChI is InChI=1S/C20H22N4OS/c1-2-9-21-17(6-1)25-12-14-7-10-24(11-8-14)19-18-15-4-3-5-16(15)26-20(18)23-13-22-19/h1-2,6,9,13-14H,3-5,7-8,10-12H2. The second-order valence-electron chi connectivity index (χ2n) is 7.14. The summed E-state index contributed by atoms with van der Waals surface area (Å²) in [7, 11) is 0. The highest BCUT2D eigenvalue weighted by atomic mass is 32.1. The first kappa shape index (κ1) is 16.0. The molecule has 0 bridgehead atoms. The van der Waals surface area contributed by atoms with E-state index >= 15 is 0 Å². The Morgan fingerprint density at radius 1 is 1.12 bits per heavy atom. The fraction of sp³-hybridized carbons (Fsp3) is 0.450. The molecule has 26 heavy (non-hydrogen) atoms. The maximum absolute atomic E-state index is 5.85. The molecule has 1 saturated heterocycles. The second kappa shape index (κ2) is 6.83. The third-order valence-corrected chi connectivity index (χ3v) is 6.70. The largest absolute Gasteiger partial charge is 0.477 e. The molecular formula is C20H22N4OS. The minimum atomic E-state index is 0.582. The molecule has 1 aliphatic heterocycles. The molecule has 134 valence electrons. The van der Waals surface area contributed by atoms with E-state index in [1.165, 1.54) is 39.9 Å². The lowest BCUT2D eigenvalue weighted by atomic mass is 9.97. The first-order valence-electron chi connectivity index (χ1n) is 9.42. The van der Waals surface area contributed by atoms with E-state index in [1.807, 2.05) is 29.5 Å². The molecule has 0 radical (unpaired) electrons. The molecule has 2 aliphatic rings. The zero-order valence-corrected chi connectivity index (χ0v) is 15.5. The van der Waals surface area contributed by atoms with Crippen LogP contribution in [0.2, 0.25) is 0 Å². The summed E-state index contributed by atoms with van der Waals surface area (Å²) in [6, 6.07) is 5.80. The summed E-state index contributed by atoms with van der Waals surface area (Å²) in [6.07, 6.45) is 9.44. The van der Waals surface area contributed by atoms with Gasteiger partial charge in [-0.3, -0.25) is 0 Å². The molecule has 6 heteroatoms. The number of aryl methyl sites for hydroxylation is 2. The van der Waals surface area contributed by atoms with Gasteiger partial charge < -0.3 is 9.64 Å². The normalized spacial score (nSPS) is 17.6. The van der Waals surface area contributed by atoms with E-state index in [4.69, 9.17) is 4.74 Å². The first-order chi connectivity index (χ1) is 12.9. The number of aromatic nitrogens is 3. The molecule has 0 unspecified atom stereocenters. The Morgan fingerprint density at radius 2 is 2.04 bits per heavy atom. The first-order valence-corrected chi connectivity index (χ1v) is 10.2. The van der Waals surface area contributed by atoms with Gasteiger partial charge in [-0.1, -0.05) is 6.07 Å². The number of pyridine rings is 1. The molecule has 1 aliphatic carbocycles. The Bertz CT molecular complexity index is 903. The average Bonchev–Trinajstić information content (AvgIpc) is 3.28. The lowest BCUT2D eigenvalue weighted by Gasteiger charge is -2.33. The van der Waals surface area contributed by atoms with Crippen LogP contribution in [0.25, 0.3) is 10.2 Å². The monoisotopic (exact) mass is 366 g/mol. The van der Waals surface area contributed by atoms with Gasteiger partial charge in [0.15, 0.2) is 0 Å². The number of piperidine rings is 1. The van der Waals surface area contributed by atoms with Crippen LogP contribution in [0.3, 0.4) is 0 Å². The van der Waals surface area contributed by atoms with Crippen molar-refractivity contribution in [2.45, 2.75) is 32.1 Å². The molecule has 3 aromatic rings. The van der Waals surface area contributed by atoms with Gasteiger partial charge in [0.05, 0.1) is 12.0 Å². The number of hydrogen-bond acceptors (Lipinski definition) is 6. The van der Waals surface area contributed by atoms with Gasteiger partial charge in [0.25, 0.3) is 0 Å². The summed E-state index contributed by atoms with van der Waals surface area (Å²) < 4.78 is 5.85. The average molecular weight is 366 g/mol. The molecule has 0 N–H and O–H groups in total. The predicted octanol–water partition coefficient (Wildman–Crippen LogP) is 3.87. The summed E-state index contributed by atoms with van der Waals surface area (Å²) >= 11 is 1.87. The minimum absolute atomic E-state index is 0.582. The molecule has 5 nitrogen and oxygen atoms in total. The SMILES string of the molecule is c1ccc(OCC2CCN(c3ncnc4sc5c(c34)CCC5)CC2)nc1. The Labute approximate surface area is 157 Å². The van der Waals surface area contributed by atoms with Crippen molar-refractivity contribution in [1.29, 1.82) is 0 Å². The fourth-order valence-electron chi connectivity index (χ4n) is 4.10. The summed E-state index contributed by atoms with van der Waals surface area (Å²) in [6.45, 7) is 2.82. The summed E-state index contributed by atoms with van der Waals surface area (Å²) in [5.74, 6) is 2.46. The highest BCUT2D eigenvalue weighted by Gasteiger charge is 2.26. The van der Waals surface area contributed by atoms with Crippen LogP contribution in [0.4, 0.5) is 5.82 Å². The van der Waals surface area contributed by atoms with Crippen molar-refractivity contribution in [2.24, 2.45) is 5.92 Å². The van der Waals surface area contributed by atoms with E-state index in [0.29, 0.717) is 5.92 Å². The van der Waals surface area contributed by atoms with Crippen LogP contribution in [0, 0.1) is 5.92 Å². The minimum Gasteiger partial charge on any atom is -0.477 e. The third-order valence-electron chi connectivity index (χ3n) is 5.50. The number of rotatable bonds is 4. The molecule has 3 aromatic heterocycles. The number of thiophene rings is 1. The summed E-state index contributed by atoms with van der Waals surface area (Å²) in [4.78, 5) is 18.6. The third kappa shape index (κ3) is 2.92. The smallest absolute Gasteiger partial charge is 0.213 e. The molecule has 0 amide bonds. The molecular weight excluding hydrogens is 344 g/mol. The second-order valence-corrected chi connectivity index (χ2v) is 8.23. The molecule has 5 rings (SSSR count). The van der Waals surface area contributed by atoms with Crippen molar-refractivity contribution >= 4 is 27.4 Å². The maximum atomic E-state index is 5.85. The zero-order chi connectivity index (χ0) is 17.3. The van der Waals surface area contributed by atoms with E-state index in [1.54, 1.807) is 12.5 Å². The molecule has 4 heterocycles. The van der Waals surface area contributed by atoms with Crippen LogP contribution in [0.15, 0.2) is 30.7 Å². The van der Waals surface area contributed by atoms with Crippen LogP contribution in [0.1, 0.15) is 29.7 Å². The molecule has 0 atom stereocenters. The quantitative estimate of drug-likeness (QED) is 0.701. The zero-order valence-electron chi connectivity index (χ0n) is 14.7. The lowest BCUT2D eigenvalue weighted by Crippen LogP contribution is -2.36. The van der Waals surface area contributed by atoms with Crippen LogP contribution >= 0.6 is 11.3 Å². The van der Waals surface area contributed by atoms with Gasteiger partial charge in [-0.15, -0.1) is 11.3 Å². The predicted molar refractivity (Wildman–Crippen MR) is 104 cm³/mol. The van der Waals surface area contributed by atoms with Gasteiger partial charge in [0.1, 0.15) is 17.0 Å². The van der Waals surface area contributed by atoms with E-state index in [2.05, 4.69) is 19.9 Å². The van der Waals surface area contributed by atoms with Gasteiger partial charge in [0.2, 0.25) is 5.88 Å². The van der Waals surface area contributed by atoms with Crippen LogP contribution in [-0.2, 0) is 12.8 Å². The number of nitrogens with zero attached hydrogens (tertiary/aromatic N) is 4. The Kier molecular flexibility index (Phi) is 4.21. The summed E-state index contributed by atoms with van der Waals surface area (Å²) in [5.41, 5.74) is 1.52. The van der Waals surface area contributed by atoms with Crippen LogP contribution < -0.4 is 9.64 Å². The Balaban J connectivity index is 1.28. The molecule has 0 spiro atoms. The van der Waals surface area contributed by atoms with Gasteiger partial charge in [-0.05, 0) is 49.7 Å².